The van der Waals surface area contributed by atoms with Crippen molar-refractivity contribution in [2.75, 3.05) is 33.3 Å². The van der Waals surface area contributed by atoms with Gasteiger partial charge < -0.3 is 10.1 Å². The molecule has 1 heterocycles. The van der Waals surface area contributed by atoms with E-state index in [1.54, 1.807) is 13.2 Å². The lowest BCUT2D eigenvalue weighted by atomic mass is 10.0. The van der Waals surface area contributed by atoms with Gasteiger partial charge in [-0.3, -0.25) is 4.90 Å². The number of nitrogens with one attached hydrogen (secondary N) is 1. The van der Waals surface area contributed by atoms with Crippen LogP contribution in [0.15, 0.2) is 18.2 Å². The Morgan fingerprint density at radius 2 is 2.06 bits per heavy atom. The maximum Gasteiger partial charge on any atom is 0.131 e. The summed E-state index contributed by atoms with van der Waals surface area (Å²) in [4.78, 5) is 2.28. The molecule has 1 saturated heterocycles. The molecule has 0 radical (unpaired) electrons. The summed E-state index contributed by atoms with van der Waals surface area (Å²) in [6, 6.07) is 5.05. The second kappa shape index (κ2) is 5.47. The summed E-state index contributed by atoms with van der Waals surface area (Å²) in [6.07, 6.45) is 0. The normalized spacial score (nSPS) is 19.0. The average Bonchev–Trinajstić information content (AvgIpc) is 2.38. The van der Waals surface area contributed by atoms with E-state index in [0.29, 0.717) is 11.3 Å². The van der Waals surface area contributed by atoms with Gasteiger partial charge >= 0.3 is 0 Å². The van der Waals surface area contributed by atoms with E-state index in [0.717, 1.165) is 26.2 Å². The summed E-state index contributed by atoms with van der Waals surface area (Å²) in [6.45, 7) is 5.84. The van der Waals surface area contributed by atoms with Gasteiger partial charge in [-0.15, -0.1) is 0 Å². The van der Waals surface area contributed by atoms with Crippen molar-refractivity contribution in [3.8, 4) is 5.75 Å². The zero-order valence-corrected chi connectivity index (χ0v) is 10.4. The van der Waals surface area contributed by atoms with E-state index < -0.39 is 0 Å². The Labute approximate surface area is 102 Å². The minimum absolute atomic E-state index is 0.0493. The molecule has 1 aromatic rings. The number of hydrogen-bond donors (Lipinski definition) is 1. The predicted molar refractivity (Wildman–Crippen MR) is 65.8 cm³/mol. The van der Waals surface area contributed by atoms with Gasteiger partial charge in [-0.05, 0) is 19.1 Å². The number of rotatable bonds is 3. The third-order valence-electron chi connectivity index (χ3n) is 3.35. The molecule has 2 rings (SSSR count). The van der Waals surface area contributed by atoms with Crippen molar-refractivity contribution in [3.63, 3.8) is 0 Å². The fourth-order valence-corrected chi connectivity index (χ4v) is 2.35. The Morgan fingerprint density at radius 3 is 2.71 bits per heavy atom. The Kier molecular flexibility index (Phi) is 3.97. The first-order chi connectivity index (χ1) is 8.24. The van der Waals surface area contributed by atoms with Crippen LogP contribution in [0.3, 0.4) is 0 Å². The minimum atomic E-state index is -0.185. The molecule has 0 aromatic heterocycles. The molecule has 17 heavy (non-hydrogen) atoms. The molecule has 1 N–H and O–H groups in total. The number of halogens is 1. The third kappa shape index (κ3) is 2.58. The van der Waals surface area contributed by atoms with Gasteiger partial charge in [-0.25, -0.2) is 4.39 Å². The molecule has 3 nitrogen and oxygen atoms in total. The van der Waals surface area contributed by atoms with E-state index in [4.69, 9.17) is 4.74 Å². The van der Waals surface area contributed by atoms with Crippen LogP contribution >= 0.6 is 0 Å². The lowest BCUT2D eigenvalue weighted by Crippen LogP contribution is -2.44. The van der Waals surface area contributed by atoms with E-state index in [1.165, 1.54) is 6.07 Å². The van der Waals surface area contributed by atoms with Crippen LogP contribution in [0.4, 0.5) is 4.39 Å². The average molecular weight is 238 g/mol. The zero-order chi connectivity index (χ0) is 12.3. The van der Waals surface area contributed by atoms with Gasteiger partial charge in [0, 0.05) is 37.8 Å². The van der Waals surface area contributed by atoms with Crippen molar-refractivity contribution in [2.24, 2.45) is 0 Å². The molecule has 1 atom stereocenters. The zero-order valence-electron chi connectivity index (χ0n) is 10.4. The van der Waals surface area contributed by atoms with Gasteiger partial charge in [0.2, 0.25) is 0 Å². The lowest BCUT2D eigenvalue weighted by Gasteiger charge is -2.33. The van der Waals surface area contributed by atoms with Gasteiger partial charge in [0.05, 0.1) is 7.11 Å². The van der Waals surface area contributed by atoms with Crippen molar-refractivity contribution in [3.05, 3.63) is 29.6 Å². The smallest absolute Gasteiger partial charge is 0.131 e. The quantitative estimate of drug-likeness (QED) is 0.869. The Bertz CT molecular complexity index is 378. The molecular formula is C13H19FN2O. The monoisotopic (exact) mass is 238 g/mol. The number of ether oxygens (including phenoxy) is 1. The maximum absolute atomic E-state index is 13.9. The van der Waals surface area contributed by atoms with Crippen molar-refractivity contribution in [1.29, 1.82) is 0 Å². The molecule has 4 heteroatoms. The van der Waals surface area contributed by atoms with E-state index in [1.807, 2.05) is 13.0 Å². The van der Waals surface area contributed by atoms with E-state index in [2.05, 4.69) is 10.2 Å². The topological polar surface area (TPSA) is 24.5 Å². The fourth-order valence-electron chi connectivity index (χ4n) is 2.35. The standard InChI is InChI=1S/C13H19FN2O/c1-10(16-8-6-15-7-9-16)13-11(14)4-3-5-12(13)17-2/h3-5,10,15H,6-9H2,1-2H3. The third-order valence-corrected chi connectivity index (χ3v) is 3.35. The van der Waals surface area contributed by atoms with E-state index in [-0.39, 0.29) is 11.9 Å². The van der Waals surface area contributed by atoms with Gasteiger partial charge in [-0.2, -0.15) is 0 Å². The van der Waals surface area contributed by atoms with Gasteiger partial charge in [0.1, 0.15) is 11.6 Å². The van der Waals surface area contributed by atoms with Crippen LogP contribution in [0.2, 0.25) is 0 Å². The van der Waals surface area contributed by atoms with E-state index >= 15 is 0 Å². The van der Waals surface area contributed by atoms with Crippen molar-refractivity contribution < 1.29 is 9.13 Å². The summed E-state index contributed by atoms with van der Waals surface area (Å²) in [7, 11) is 1.59. The highest BCUT2D eigenvalue weighted by molar-refractivity contribution is 5.37. The number of methoxy groups -OCH3 is 1. The van der Waals surface area contributed by atoms with Gasteiger partial charge in [-0.1, -0.05) is 6.07 Å². The number of benzene rings is 1. The molecule has 0 aliphatic carbocycles. The molecule has 0 saturated carbocycles. The Hall–Kier alpha value is -1.13. The summed E-state index contributed by atoms with van der Waals surface area (Å²) in [5.74, 6) is 0.450. The molecule has 1 aromatic carbocycles. The lowest BCUT2D eigenvalue weighted by molar-refractivity contribution is 0.179. The van der Waals surface area contributed by atoms with Crippen LogP contribution in [0.1, 0.15) is 18.5 Å². The second-order valence-electron chi connectivity index (χ2n) is 4.32. The molecule has 0 amide bonds. The first-order valence-electron chi connectivity index (χ1n) is 6.01. The molecular weight excluding hydrogens is 219 g/mol. The van der Waals surface area contributed by atoms with Crippen LogP contribution in [0.25, 0.3) is 0 Å². The van der Waals surface area contributed by atoms with E-state index in [9.17, 15) is 4.39 Å². The summed E-state index contributed by atoms with van der Waals surface area (Å²) < 4.78 is 19.2. The first-order valence-corrected chi connectivity index (χ1v) is 6.01. The fraction of sp³-hybridized carbons (Fsp3) is 0.538. The second-order valence-corrected chi connectivity index (χ2v) is 4.32. The first kappa shape index (κ1) is 12.3. The summed E-state index contributed by atoms with van der Waals surface area (Å²) in [5, 5.41) is 3.30. The maximum atomic E-state index is 13.9. The molecule has 1 aliphatic rings. The van der Waals surface area contributed by atoms with Crippen LogP contribution in [0.5, 0.6) is 5.75 Å². The van der Waals surface area contributed by atoms with Gasteiger partial charge in [0.25, 0.3) is 0 Å². The number of hydrogen-bond acceptors (Lipinski definition) is 3. The molecule has 1 fully saturated rings. The minimum Gasteiger partial charge on any atom is -0.496 e. The van der Waals surface area contributed by atoms with Crippen molar-refractivity contribution >= 4 is 0 Å². The van der Waals surface area contributed by atoms with Crippen LogP contribution in [-0.2, 0) is 0 Å². The van der Waals surface area contributed by atoms with Crippen LogP contribution < -0.4 is 10.1 Å². The SMILES string of the molecule is COc1cccc(F)c1C(C)N1CCNCC1. The highest BCUT2D eigenvalue weighted by Crippen LogP contribution is 2.31. The molecule has 1 unspecified atom stereocenters. The summed E-state index contributed by atoms with van der Waals surface area (Å²) >= 11 is 0. The highest BCUT2D eigenvalue weighted by atomic mass is 19.1. The largest absolute Gasteiger partial charge is 0.496 e. The van der Waals surface area contributed by atoms with Crippen LogP contribution in [0, 0.1) is 5.82 Å². The van der Waals surface area contributed by atoms with Crippen LogP contribution in [-0.4, -0.2) is 38.2 Å². The molecule has 1 aliphatic heterocycles. The molecule has 0 bridgehead atoms. The van der Waals surface area contributed by atoms with Crippen molar-refractivity contribution in [1.82, 2.24) is 10.2 Å². The number of piperazine rings is 1. The Morgan fingerprint density at radius 1 is 1.35 bits per heavy atom. The summed E-state index contributed by atoms with van der Waals surface area (Å²) in [5.41, 5.74) is 0.664. The van der Waals surface area contributed by atoms with Crippen molar-refractivity contribution in [2.45, 2.75) is 13.0 Å². The Balaban J connectivity index is 2.25. The highest BCUT2D eigenvalue weighted by Gasteiger charge is 2.23. The van der Waals surface area contributed by atoms with Gasteiger partial charge in [0.15, 0.2) is 0 Å². The molecule has 0 spiro atoms. The number of nitrogens with zero attached hydrogens (tertiary/aromatic N) is 1. The predicted octanol–water partition coefficient (Wildman–Crippen LogP) is 1.80. The molecule has 94 valence electrons.